The SMILES string of the molecule is CCOC(=O)Nc1cccc(C(=O)[C@H](C#N)c2nc(C)cs2)c1. The Morgan fingerprint density at radius 2 is 2.26 bits per heavy atom. The number of ketones is 1. The van der Waals surface area contributed by atoms with Gasteiger partial charge in [0.25, 0.3) is 0 Å². The lowest BCUT2D eigenvalue weighted by molar-refractivity contribution is 0.0978. The lowest BCUT2D eigenvalue weighted by Gasteiger charge is -2.08. The van der Waals surface area contributed by atoms with Crippen LogP contribution in [0.5, 0.6) is 0 Å². The number of hydrogen-bond donors (Lipinski definition) is 1. The number of aryl methyl sites for hydroxylation is 1. The summed E-state index contributed by atoms with van der Waals surface area (Å²) < 4.78 is 4.79. The lowest BCUT2D eigenvalue weighted by Crippen LogP contribution is -2.15. The summed E-state index contributed by atoms with van der Waals surface area (Å²) >= 11 is 1.28. The normalized spacial score (nSPS) is 11.3. The Labute approximate surface area is 137 Å². The number of amides is 1. The van der Waals surface area contributed by atoms with Crippen LogP contribution in [0.2, 0.25) is 0 Å². The van der Waals surface area contributed by atoms with Crippen molar-refractivity contribution in [1.82, 2.24) is 4.98 Å². The van der Waals surface area contributed by atoms with Gasteiger partial charge < -0.3 is 4.74 Å². The molecule has 1 heterocycles. The van der Waals surface area contributed by atoms with Gasteiger partial charge in [-0.3, -0.25) is 10.1 Å². The standard InChI is InChI=1S/C16H15N3O3S/c1-3-22-16(21)19-12-6-4-5-11(7-12)14(20)13(8-17)15-18-10(2)9-23-15/h4-7,9,13H,3H2,1-2H3,(H,19,21)/t13-/m0/s1. The fourth-order valence-corrected chi connectivity index (χ4v) is 2.77. The highest BCUT2D eigenvalue weighted by Gasteiger charge is 2.24. The van der Waals surface area contributed by atoms with Gasteiger partial charge in [0.1, 0.15) is 5.01 Å². The third kappa shape index (κ3) is 4.14. The van der Waals surface area contributed by atoms with Crippen LogP contribution >= 0.6 is 11.3 Å². The molecule has 0 fully saturated rings. The summed E-state index contributed by atoms with van der Waals surface area (Å²) in [6.45, 7) is 3.76. The second kappa shape index (κ2) is 7.51. The number of nitrogens with one attached hydrogen (secondary N) is 1. The van der Waals surface area contributed by atoms with E-state index in [4.69, 9.17) is 4.74 Å². The summed E-state index contributed by atoms with van der Waals surface area (Å²) in [7, 11) is 0. The van der Waals surface area contributed by atoms with Crippen molar-refractivity contribution in [2.24, 2.45) is 0 Å². The van der Waals surface area contributed by atoms with E-state index < -0.39 is 12.0 Å². The quantitative estimate of drug-likeness (QED) is 0.847. The highest BCUT2D eigenvalue weighted by atomic mass is 32.1. The van der Waals surface area contributed by atoms with Gasteiger partial charge in [-0.05, 0) is 26.0 Å². The number of nitrogens with zero attached hydrogens (tertiary/aromatic N) is 2. The molecule has 2 aromatic rings. The van der Waals surface area contributed by atoms with Gasteiger partial charge in [0.2, 0.25) is 0 Å². The van der Waals surface area contributed by atoms with Gasteiger partial charge in [-0.25, -0.2) is 9.78 Å². The van der Waals surface area contributed by atoms with E-state index in [0.29, 0.717) is 16.3 Å². The number of Topliss-reactive ketones (excluding diaryl/α,β-unsaturated/α-hetero) is 1. The van der Waals surface area contributed by atoms with Crippen LogP contribution in [0.4, 0.5) is 10.5 Å². The summed E-state index contributed by atoms with van der Waals surface area (Å²) in [4.78, 5) is 28.2. The molecule has 1 aromatic heterocycles. The molecule has 0 aliphatic heterocycles. The van der Waals surface area contributed by atoms with E-state index in [-0.39, 0.29) is 12.4 Å². The first-order chi connectivity index (χ1) is 11.0. The Hall–Kier alpha value is -2.72. The fraction of sp³-hybridized carbons (Fsp3) is 0.250. The van der Waals surface area contributed by atoms with Crippen LogP contribution < -0.4 is 5.32 Å². The molecule has 0 spiro atoms. The van der Waals surface area contributed by atoms with E-state index in [1.807, 2.05) is 13.0 Å². The molecular weight excluding hydrogens is 314 g/mol. The van der Waals surface area contributed by atoms with E-state index in [1.54, 1.807) is 30.5 Å². The Morgan fingerprint density at radius 3 is 2.87 bits per heavy atom. The van der Waals surface area contributed by atoms with Gasteiger partial charge in [0.05, 0.1) is 12.7 Å². The number of ether oxygens (including phenoxy) is 1. The Morgan fingerprint density at radius 1 is 1.48 bits per heavy atom. The molecule has 118 valence electrons. The Kier molecular flexibility index (Phi) is 5.44. The molecule has 1 amide bonds. The number of benzene rings is 1. The van der Waals surface area contributed by atoms with Crippen molar-refractivity contribution >= 4 is 28.9 Å². The molecule has 0 bridgehead atoms. The third-order valence-corrected chi connectivity index (χ3v) is 3.97. The van der Waals surface area contributed by atoms with Crippen LogP contribution in [0, 0.1) is 18.3 Å². The molecule has 0 aliphatic carbocycles. The molecule has 0 saturated heterocycles. The monoisotopic (exact) mass is 329 g/mol. The summed E-state index contributed by atoms with van der Waals surface area (Å²) in [6, 6.07) is 8.39. The highest BCUT2D eigenvalue weighted by Crippen LogP contribution is 2.25. The number of anilines is 1. The summed E-state index contributed by atoms with van der Waals surface area (Å²) in [5.41, 5.74) is 1.54. The van der Waals surface area contributed by atoms with Crippen molar-refractivity contribution < 1.29 is 14.3 Å². The van der Waals surface area contributed by atoms with Gasteiger partial charge in [-0.1, -0.05) is 12.1 Å². The fourth-order valence-electron chi connectivity index (χ4n) is 1.93. The molecule has 0 radical (unpaired) electrons. The minimum atomic E-state index is -0.952. The lowest BCUT2D eigenvalue weighted by atomic mass is 9.99. The van der Waals surface area contributed by atoms with Crippen LogP contribution in [0.15, 0.2) is 29.6 Å². The number of carbonyl (C=O) groups is 2. The van der Waals surface area contributed by atoms with Crippen LogP contribution in [-0.2, 0) is 4.74 Å². The second-order valence-electron chi connectivity index (χ2n) is 4.68. The molecule has 0 aliphatic rings. The van der Waals surface area contributed by atoms with Crippen LogP contribution in [0.25, 0.3) is 0 Å². The number of aromatic nitrogens is 1. The predicted molar refractivity (Wildman–Crippen MR) is 86.6 cm³/mol. The van der Waals surface area contributed by atoms with Crippen LogP contribution in [0.3, 0.4) is 0 Å². The van der Waals surface area contributed by atoms with E-state index in [1.165, 1.54) is 17.4 Å². The maximum Gasteiger partial charge on any atom is 0.411 e. The molecule has 23 heavy (non-hydrogen) atoms. The first kappa shape index (κ1) is 16.6. The van der Waals surface area contributed by atoms with Crippen molar-refractivity contribution in [2.75, 3.05) is 11.9 Å². The second-order valence-corrected chi connectivity index (χ2v) is 5.57. The zero-order valence-corrected chi connectivity index (χ0v) is 13.5. The largest absolute Gasteiger partial charge is 0.450 e. The maximum absolute atomic E-state index is 12.5. The number of nitriles is 1. The van der Waals surface area contributed by atoms with Gasteiger partial charge >= 0.3 is 6.09 Å². The zero-order chi connectivity index (χ0) is 16.8. The molecule has 6 nitrogen and oxygen atoms in total. The molecule has 1 N–H and O–H groups in total. The first-order valence-electron chi connectivity index (χ1n) is 6.94. The first-order valence-corrected chi connectivity index (χ1v) is 7.82. The van der Waals surface area contributed by atoms with E-state index in [2.05, 4.69) is 10.3 Å². The molecule has 1 atom stereocenters. The van der Waals surface area contributed by atoms with Crippen LogP contribution in [-0.4, -0.2) is 23.5 Å². The Balaban J connectivity index is 2.22. The van der Waals surface area contributed by atoms with E-state index in [0.717, 1.165) is 5.69 Å². The summed E-state index contributed by atoms with van der Waals surface area (Å²) in [6.07, 6.45) is -0.593. The molecule has 7 heteroatoms. The molecule has 0 saturated carbocycles. The van der Waals surface area contributed by atoms with Crippen LogP contribution in [0.1, 0.15) is 33.9 Å². The van der Waals surface area contributed by atoms with Crippen molar-refractivity contribution in [2.45, 2.75) is 19.8 Å². The average Bonchev–Trinajstić information content (AvgIpc) is 2.94. The minimum absolute atomic E-state index is 0.254. The molecular formula is C16H15N3O3S. The van der Waals surface area contributed by atoms with Gasteiger partial charge in [-0.2, -0.15) is 5.26 Å². The highest BCUT2D eigenvalue weighted by molar-refractivity contribution is 7.10. The average molecular weight is 329 g/mol. The number of thiazole rings is 1. The summed E-state index contributed by atoms with van der Waals surface area (Å²) in [5, 5.41) is 14.1. The van der Waals surface area contributed by atoms with Crippen molar-refractivity contribution in [1.29, 1.82) is 5.26 Å². The Bertz CT molecular complexity index is 764. The molecule has 0 unspecified atom stereocenters. The number of carbonyl (C=O) groups excluding carboxylic acids is 2. The third-order valence-electron chi connectivity index (χ3n) is 2.94. The minimum Gasteiger partial charge on any atom is -0.450 e. The van der Waals surface area contributed by atoms with Crippen molar-refractivity contribution in [3.05, 3.63) is 45.9 Å². The van der Waals surface area contributed by atoms with Gasteiger partial charge in [0.15, 0.2) is 11.7 Å². The van der Waals surface area contributed by atoms with E-state index in [9.17, 15) is 14.9 Å². The topological polar surface area (TPSA) is 92.1 Å². The van der Waals surface area contributed by atoms with Crippen molar-refractivity contribution in [3.8, 4) is 6.07 Å². The number of hydrogen-bond acceptors (Lipinski definition) is 6. The maximum atomic E-state index is 12.5. The van der Waals surface area contributed by atoms with Gasteiger partial charge in [0, 0.05) is 22.3 Å². The zero-order valence-electron chi connectivity index (χ0n) is 12.7. The summed E-state index contributed by atoms with van der Waals surface area (Å²) in [5.74, 6) is -1.30. The number of rotatable bonds is 5. The predicted octanol–water partition coefficient (Wildman–Crippen LogP) is 3.51. The van der Waals surface area contributed by atoms with Gasteiger partial charge in [-0.15, -0.1) is 11.3 Å². The van der Waals surface area contributed by atoms with E-state index >= 15 is 0 Å². The molecule has 2 rings (SSSR count). The van der Waals surface area contributed by atoms with Crippen molar-refractivity contribution in [3.63, 3.8) is 0 Å². The smallest absolute Gasteiger partial charge is 0.411 e. The molecule has 1 aromatic carbocycles.